The Morgan fingerprint density at radius 1 is 1.29 bits per heavy atom. The van der Waals surface area contributed by atoms with E-state index >= 15 is 0 Å². The van der Waals surface area contributed by atoms with Gasteiger partial charge >= 0.3 is 0 Å². The standard InChI is InChI=1S/C14H15ClN2/c1-10-8-11(5-6-13(10)15)14(16)9-12-4-2-3-7-17-12/h2-8,14H,9,16H2,1H3. The monoisotopic (exact) mass is 246 g/mol. The zero-order valence-electron chi connectivity index (χ0n) is 9.73. The minimum Gasteiger partial charge on any atom is -0.324 e. The molecule has 2 N–H and O–H groups in total. The zero-order valence-corrected chi connectivity index (χ0v) is 10.5. The van der Waals surface area contributed by atoms with E-state index in [9.17, 15) is 0 Å². The topological polar surface area (TPSA) is 38.9 Å². The molecule has 3 heteroatoms. The van der Waals surface area contributed by atoms with Gasteiger partial charge in [-0.2, -0.15) is 0 Å². The van der Waals surface area contributed by atoms with Crippen molar-refractivity contribution in [3.8, 4) is 0 Å². The number of rotatable bonds is 3. The fourth-order valence-corrected chi connectivity index (χ4v) is 1.88. The van der Waals surface area contributed by atoms with Gasteiger partial charge in [0.15, 0.2) is 0 Å². The van der Waals surface area contributed by atoms with Gasteiger partial charge in [-0.05, 0) is 36.2 Å². The summed E-state index contributed by atoms with van der Waals surface area (Å²) in [6.07, 6.45) is 2.52. The van der Waals surface area contributed by atoms with Gasteiger partial charge in [-0.1, -0.05) is 29.8 Å². The second-order valence-electron chi connectivity index (χ2n) is 4.14. The Labute approximate surface area is 106 Å². The zero-order chi connectivity index (χ0) is 12.3. The van der Waals surface area contributed by atoms with Gasteiger partial charge in [0.25, 0.3) is 0 Å². The van der Waals surface area contributed by atoms with Gasteiger partial charge in [-0.3, -0.25) is 4.98 Å². The number of benzene rings is 1. The van der Waals surface area contributed by atoms with Crippen LogP contribution in [0.15, 0.2) is 42.6 Å². The molecule has 0 radical (unpaired) electrons. The number of hydrogen-bond donors (Lipinski definition) is 1. The van der Waals surface area contributed by atoms with Gasteiger partial charge in [0.2, 0.25) is 0 Å². The molecule has 0 aliphatic heterocycles. The molecule has 0 aliphatic rings. The van der Waals surface area contributed by atoms with Crippen molar-refractivity contribution in [3.63, 3.8) is 0 Å². The Hall–Kier alpha value is -1.38. The first-order valence-electron chi connectivity index (χ1n) is 5.58. The molecule has 2 aromatic rings. The fourth-order valence-electron chi connectivity index (χ4n) is 1.76. The van der Waals surface area contributed by atoms with Crippen molar-refractivity contribution >= 4 is 11.6 Å². The second-order valence-corrected chi connectivity index (χ2v) is 4.55. The van der Waals surface area contributed by atoms with Gasteiger partial charge in [0.05, 0.1) is 0 Å². The third-order valence-corrected chi connectivity index (χ3v) is 3.19. The third kappa shape index (κ3) is 3.05. The molecule has 0 saturated carbocycles. The van der Waals surface area contributed by atoms with Crippen molar-refractivity contribution in [3.05, 3.63) is 64.4 Å². The third-order valence-electron chi connectivity index (χ3n) is 2.77. The molecule has 2 nitrogen and oxygen atoms in total. The highest BCUT2D eigenvalue weighted by Gasteiger charge is 2.08. The van der Waals surface area contributed by atoms with E-state index in [0.717, 1.165) is 28.3 Å². The average Bonchev–Trinajstić information content (AvgIpc) is 2.34. The summed E-state index contributed by atoms with van der Waals surface area (Å²) in [5.74, 6) is 0. The lowest BCUT2D eigenvalue weighted by Gasteiger charge is -2.12. The Bertz CT molecular complexity index is 497. The van der Waals surface area contributed by atoms with E-state index < -0.39 is 0 Å². The molecule has 1 atom stereocenters. The van der Waals surface area contributed by atoms with E-state index in [4.69, 9.17) is 17.3 Å². The van der Waals surface area contributed by atoms with E-state index in [-0.39, 0.29) is 6.04 Å². The molecule has 17 heavy (non-hydrogen) atoms. The highest BCUT2D eigenvalue weighted by molar-refractivity contribution is 6.31. The lowest BCUT2D eigenvalue weighted by Crippen LogP contribution is -2.14. The Balaban J connectivity index is 2.14. The first-order chi connectivity index (χ1) is 8.16. The van der Waals surface area contributed by atoms with Crippen molar-refractivity contribution in [2.45, 2.75) is 19.4 Å². The fraction of sp³-hybridized carbons (Fsp3) is 0.214. The Morgan fingerprint density at radius 2 is 2.12 bits per heavy atom. The van der Waals surface area contributed by atoms with Crippen LogP contribution >= 0.6 is 11.6 Å². The molecule has 2 rings (SSSR count). The van der Waals surface area contributed by atoms with E-state index in [0.29, 0.717) is 0 Å². The molecule has 0 bridgehead atoms. The van der Waals surface area contributed by atoms with Crippen LogP contribution in [0, 0.1) is 6.92 Å². The number of aromatic nitrogens is 1. The van der Waals surface area contributed by atoms with Gasteiger partial charge in [0, 0.05) is 29.4 Å². The first-order valence-corrected chi connectivity index (χ1v) is 5.96. The van der Waals surface area contributed by atoms with Crippen molar-refractivity contribution in [2.75, 3.05) is 0 Å². The van der Waals surface area contributed by atoms with Gasteiger partial charge in [-0.25, -0.2) is 0 Å². The molecule has 0 spiro atoms. The molecular formula is C14H15ClN2. The van der Waals surface area contributed by atoms with Crippen molar-refractivity contribution in [1.29, 1.82) is 0 Å². The number of nitrogens with zero attached hydrogens (tertiary/aromatic N) is 1. The van der Waals surface area contributed by atoms with E-state index in [1.54, 1.807) is 6.20 Å². The number of halogens is 1. The Morgan fingerprint density at radius 3 is 2.76 bits per heavy atom. The van der Waals surface area contributed by atoms with Gasteiger partial charge in [0.1, 0.15) is 0 Å². The summed E-state index contributed by atoms with van der Waals surface area (Å²) in [6.45, 7) is 1.99. The van der Waals surface area contributed by atoms with Crippen LogP contribution in [-0.2, 0) is 6.42 Å². The quantitative estimate of drug-likeness (QED) is 0.903. The van der Waals surface area contributed by atoms with Gasteiger partial charge < -0.3 is 5.73 Å². The summed E-state index contributed by atoms with van der Waals surface area (Å²) in [6, 6.07) is 11.7. The maximum Gasteiger partial charge on any atom is 0.0435 e. The van der Waals surface area contributed by atoms with E-state index in [1.165, 1.54) is 0 Å². The SMILES string of the molecule is Cc1cc(C(N)Cc2ccccn2)ccc1Cl. The lowest BCUT2D eigenvalue weighted by atomic mass is 10.0. The molecular weight excluding hydrogens is 232 g/mol. The summed E-state index contributed by atoms with van der Waals surface area (Å²) in [7, 11) is 0. The highest BCUT2D eigenvalue weighted by atomic mass is 35.5. The number of nitrogens with two attached hydrogens (primary N) is 1. The molecule has 1 aromatic carbocycles. The normalized spacial score (nSPS) is 12.4. The average molecular weight is 247 g/mol. The smallest absolute Gasteiger partial charge is 0.0435 e. The number of aryl methyl sites for hydroxylation is 1. The second kappa shape index (κ2) is 5.30. The van der Waals surface area contributed by atoms with Crippen molar-refractivity contribution in [1.82, 2.24) is 4.98 Å². The minimum atomic E-state index is -0.0409. The molecule has 0 aliphatic carbocycles. The molecule has 1 aromatic heterocycles. The van der Waals surface area contributed by atoms with Crippen LogP contribution in [0.2, 0.25) is 5.02 Å². The lowest BCUT2D eigenvalue weighted by molar-refractivity contribution is 0.706. The van der Waals surface area contributed by atoms with E-state index in [2.05, 4.69) is 4.98 Å². The van der Waals surface area contributed by atoms with Crippen LogP contribution in [0.3, 0.4) is 0 Å². The molecule has 88 valence electrons. The summed E-state index contributed by atoms with van der Waals surface area (Å²) in [5, 5.41) is 0.777. The maximum absolute atomic E-state index is 6.16. The summed E-state index contributed by atoms with van der Waals surface area (Å²) < 4.78 is 0. The molecule has 1 unspecified atom stereocenters. The molecule has 0 fully saturated rings. The van der Waals surface area contributed by atoms with Crippen LogP contribution in [0.25, 0.3) is 0 Å². The number of pyridine rings is 1. The summed E-state index contributed by atoms with van der Waals surface area (Å²) in [4.78, 5) is 4.28. The van der Waals surface area contributed by atoms with Crippen molar-refractivity contribution in [2.24, 2.45) is 5.73 Å². The first kappa shape index (κ1) is 12.1. The number of hydrogen-bond acceptors (Lipinski definition) is 2. The predicted molar refractivity (Wildman–Crippen MR) is 71.1 cm³/mol. The summed E-state index contributed by atoms with van der Waals surface area (Å²) >= 11 is 5.99. The van der Waals surface area contributed by atoms with Crippen molar-refractivity contribution < 1.29 is 0 Å². The van der Waals surface area contributed by atoms with Crippen LogP contribution in [0.1, 0.15) is 22.9 Å². The summed E-state index contributed by atoms with van der Waals surface area (Å²) in [5.41, 5.74) is 9.32. The van der Waals surface area contributed by atoms with E-state index in [1.807, 2.05) is 43.3 Å². The van der Waals surface area contributed by atoms with Gasteiger partial charge in [-0.15, -0.1) is 0 Å². The minimum absolute atomic E-state index is 0.0409. The molecule has 0 saturated heterocycles. The molecule has 1 heterocycles. The highest BCUT2D eigenvalue weighted by Crippen LogP contribution is 2.21. The Kier molecular flexibility index (Phi) is 3.77. The largest absolute Gasteiger partial charge is 0.324 e. The predicted octanol–water partition coefficient (Wildman–Crippen LogP) is 3.29. The van der Waals surface area contributed by atoms with Crippen LogP contribution in [-0.4, -0.2) is 4.98 Å². The van der Waals surface area contributed by atoms with Crippen LogP contribution < -0.4 is 5.73 Å². The van der Waals surface area contributed by atoms with Crippen LogP contribution in [0.5, 0.6) is 0 Å². The molecule has 0 amide bonds. The maximum atomic E-state index is 6.16. The van der Waals surface area contributed by atoms with Crippen LogP contribution in [0.4, 0.5) is 0 Å².